The van der Waals surface area contributed by atoms with Crippen LogP contribution in [0.25, 0.3) is 0 Å². The number of amides is 2. The van der Waals surface area contributed by atoms with Crippen LogP contribution in [0.5, 0.6) is 0 Å². The number of rotatable bonds is 4. The van der Waals surface area contributed by atoms with Gasteiger partial charge in [0.25, 0.3) is 5.91 Å². The van der Waals surface area contributed by atoms with Crippen molar-refractivity contribution in [3.05, 3.63) is 29.6 Å². The molecule has 3 rings (SSSR count). The average molecular weight is 358 g/mol. The number of fused-ring (bicyclic) bond motifs is 1. The van der Waals surface area contributed by atoms with E-state index in [1.54, 1.807) is 11.0 Å². The average Bonchev–Trinajstić information content (AvgIpc) is 2.78. The van der Waals surface area contributed by atoms with E-state index in [1.807, 2.05) is 0 Å². The molecule has 0 radical (unpaired) electrons. The second-order valence-corrected chi connectivity index (χ2v) is 5.78. The van der Waals surface area contributed by atoms with E-state index >= 15 is 0 Å². The van der Waals surface area contributed by atoms with Crippen LogP contribution < -0.4 is 22.6 Å². The maximum atomic E-state index is 13.5. The fourth-order valence-electron chi connectivity index (χ4n) is 3.05. The summed E-state index contributed by atoms with van der Waals surface area (Å²) in [5.74, 6) is -0.940. The molecule has 0 spiro atoms. The zero-order valence-electron chi connectivity index (χ0n) is 14.4. The van der Waals surface area contributed by atoms with Gasteiger partial charge in [-0.05, 0) is 18.2 Å². The summed E-state index contributed by atoms with van der Waals surface area (Å²) in [7, 11) is 0. The van der Waals surface area contributed by atoms with Crippen LogP contribution in [0.15, 0.2) is 18.2 Å². The Hall–Kier alpha value is -1.70. The summed E-state index contributed by atoms with van der Waals surface area (Å²) >= 11 is 0. The van der Waals surface area contributed by atoms with E-state index in [1.165, 1.54) is 19.1 Å². The van der Waals surface area contributed by atoms with Crippen LogP contribution in [0.1, 0.15) is 20.0 Å². The zero-order chi connectivity index (χ0) is 16.4. The third-order valence-electron chi connectivity index (χ3n) is 4.20. The van der Waals surface area contributed by atoms with Gasteiger partial charge in [-0.3, -0.25) is 14.5 Å². The van der Waals surface area contributed by atoms with Gasteiger partial charge in [-0.1, -0.05) is 0 Å². The molecular weight excluding hydrogens is 337 g/mol. The molecule has 132 valence electrons. The molecule has 0 aliphatic carbocycles. The van der Waals surface area contributed by atoms with Crippen LogP contribution in [0.4, 0.5) is 10.1 Å². The first kappa shape index (κ1) is 18.6. The molecule has 2 heterocycles. The minimum absolute atomic E-state index is 0. The number of anilines is 1. The number of benzene rings is 1. The highest BCUT2D eigenvalue weighted by molar-refractivity contribution is 6.06. The van der Waals surface area contributed by atoms with Crippen molar-refractivity contribution >= 4 is 17.5 Å². The van der Waals surface area contributed by atoms with E-state index in [0.29, 0.717) is 31.0 Å². The molecule has 1 aromatic rings. The number of halogens is 2. The van der Waals surface area contributed by atoms with E-state index in [4.69, 9.17) is 4.74 Å². The number of hydrogen-bond acceptors (Lipinski definition) is 4. The molecule has 1 atom stereocenters. The minimum Gasteiger partial charge on any atom is -1.00 e. The van der Waals surface area contributed by atoms with Gasteiger partial charge in [-0.15, -0.1) is 0 Å². The fourth-order valence-corrected chi connectivity index (χ4v) is 3.05. The van der Waals surface area contributed by atoms with Crippen LogP contribution in [-0.4, -0.2) is 56.1 Å². The maximum absolute atomic E-state index is 13.5. The Morgan fingerprint density at radius 1 is 1.38 bits per heavy atom. The molecule has 1 aromatic carbocycles. The van der Waals surface area contributed by atoms with Crippen molar-refractivity contribution in [1.82, 2.24) is 10.2 Å². The Morgan fingerprint density at radius 3 is 2.75 bits per heavy atom. The van der Waals surface area contributed by atoms with E-state index in [-0.39, 0.29) is 25.6 Å². The highest BCUT2D eigenvalue weighted by atomic mass is 35.5. The number of hydrogen-bond donors (Lipinski definition) is 1. The monoisotopic (exact) mass is 357 g/mol. The van der Waals surface area contributed by atoms with Crippen LogP contribution in [0, 0.1) is 5.82 Å². The Labute approximate surface area is 147 Å². The SMILES string of the molecule is CC(=O)NC1C(=O)N(CCN2CCOCC2)c2ccc(F)cc21.[Cl-].[H+]. The molecule has 8 heteroatoms. The Morgan fingerprint density at radius 2 is 2.08 bits per heavy atom. The third kappa shape index (κ3) is 3.85. The van der Waals surface area contributed by atoms with Gasteiger partial charge < -0.3 is 27.4 Å². The lowest BCUT2D eigenvalue weighted by molar-refractivity contribution is -0.126. The smallest absolute Gasteiger partial charge is 1.00 e. The van der Waals surface area contributed by atoms with Crippen LogP contribution in [0.3, 0.4) is 0 Å². The third-order valence-corrected chi connectivity index (χ3v) is 4.20. The standard InChI is InChI=1S/C16H20FN3O3.ClH/c1-11(21)18-15-13-10-12(17)2-3-14(13)20(16(15)22)5-4-19-6-8-23-9-7-19;/h2-3,10,15H,4-9H2,1H3,(H,18,21);1H. The predicted octanol–water partition coefficient (Wildman–Crippen LogP) is -2.20. The second kappa shape index (κ2) is 7.92. The molecule has 0 saturated carbocycles. The lowest BCUT2D eigenvalue weighted by Crippen LogP contribution is -3.00. The number of carbonyl (C=O) groups excluding carboxylic acids is 2. The summed E-state index contributed by atoms with van der Waals surface area (Å²) in [5, 5.41) is 2.61. The van der Waals surface area contributed by atoms with E-state index in [0.717, 1.165) is 19.6 Å². The molecule has 1 N–H and O–H groups in total. The van der Waals surface area contributed by atoms with E-state index < -0.39 is 11.9 Å². The van der Waals surface area contributed by atoms with Crippen LogP contribution in [0.2, 0.25) is 0 Å². The molecule has 0 bridgehead atoms. The molecule has 0 aromatic heterocycles. The van der Waals surface area contributed by atoms with Crippen molar-refractivity contribution in [2.24, 2.45) is 0 Å². The first-order valence-corrected chi connectivity index (χ1v) is 7.74. The van der Waals surface area contributed by atoms with Crippen molar-refractivity contribution < 1.29 is 32.6 Å². The number of ether oxygens (including phenoxy) is 1. The van der Waals surface area contributed by atoms with Gasteiger partial charge >= 0.3 is 1.43 Å². The molecule has 2 aliphatic rings. The lowest BCUT2D eigenvalue weighted by atomic mass is 10.1. The largest absolute Gasteiger partial charge is 1.00 e. The highest BCUT2D eigenvalue weighted by Crippen LogP contribution is 2.36. The molecule has 2 amide bonds. The highest BCUT2D eigenvalue weighted by Gasteiger charge is 2.38. The molecule has 1 unspecified atom stereocenters. The topological polar surface area (TPSA) is 61.9 Å². The predicted molar refractivity (Wildman–Crippen MR) is 83.7 cm³/mol. The summed E-state index contributed by atoms with van der Waals surface area (Å²) in [5.41, 5.74) is 1.19. The van der Waals surface area contributed by atoms with Crippen molar-refractivity contribution in [2.75, 3.05) is 44.3 Å². The number of nitrogens with one attached hydrogen (secondary N) is 1. The van der Waals surface area contributed by atoms with E-state index in [9.17, 15) is 14.0 Å². The van der Waals surface area contributed by atoms with Gasteiger partial charge in [0.1, 0.15) is 11.9 Å². The van der Waals surface area contributed by atoms with Gasteiger partial charge in [0.05, 0.1) is 13.2 Å². The number of nitrogens with zero attached hydrogens (tertiary/aromatic N) is 2. The molecule has 1 saturated heterocycles. The van der Waals surface area contributed by atoms with Crippen molar-refractivity contribution in [1.29, 1.82) is 0 Å². The lowest BCUT2D eigenvalue weighted by Gasteiger charge is -2.28. The summed E-state index contributed by atoms with van der Waals surface area (Å²) in [4.78, 5) is 27.8. The molecule has 6 nitrogen and oxygen atoms in total. The summed E-state index contributed by atoms with van der Waals surface area (Å²) in [6.07, 6.45) is 0. The number of carbonyl (C=O) groups is 2. The van der Waals surface area contributed by atoms with Crippen LogP contribution in [-0.2, 0) is 14.3 Å². The molecule has 24 heavy (non-hydrogen) atoms. The van der Waals surface area contributed by atoms with Crippen molar-refractivity contribution in [3.8, 4) is 0 Å². The Bertz CT molecular complexity index is 629. The van der Waals surface area contributed by atoms with Crippen LogP contribution >= 0.6 is 0 Å². The van der Waals surface area contributed by atoms with Gasteiger partial charge in [0.2, 0.25) is 5.91 Å². The number of morpholine rings is 1. The molecule has 2 aliphatic heterocycles. The van der Waals surface area contributed by atoms with Gasteiger partial charge in [-0.25, -0.2) is 4.39 Å². The summed E-state index contributed by atoms with van der Waals surface area (Å²) < 4.78 is 18.9. The van der Waals surface area contributed by atoms with Crippen molar-refractivity contribution in [3.63, 3.8) is 0 Å². The second-order valence-electron chi connectivity index (χ2n) is 5.78. The van der Waals surface area contributed by atoms with Gasteiger partial charge in [-0.2, -0.15) is 0 Å². The minimum atomic E-state index is -0.803. The Kier molecular flexibility index (Phi) is 6.15. The first-order chi connectivity index (χ1) is 11.1. The van der Waals surface area contributed by atoms with Gasteiger partial charge in [0.15, 0.2) is 0 Å². The molecular formula is C16H21ClFN3O3. The summed E-state index contributed by atoms with van der Waals surface area (Å²) in [6.45, 7) is 5.66. The first-order valence-electron chi connectivity index (χ1n) is 7.74. The summed E-state index contributed by atoms with van der Waals surface area (Å²) in [6, 6.07) is 3.46. The zero-order valence-corrected chi connectivity index (χ0v) is 14.2. The quantitative estimate of drug-likeness (QED) is 0.664. The Balaban J connectivity index is 0.00000156. The van der Waals surface area contributed by atoms with Gasteiger partial charge in [0, 0.05) is 44.4 Å². The van der Waals surface area contributed by atoms with E-state index in [2.05, 4.69) is 10.2 Å². The fraction of sp³-hybridized carbons (Fsp3) is 0.500. The maximum Gasteiger partial charge on any atom is 1.00 e. The normalized spacial score (nSPS) is 20.5. The molecule has 1 fully saturated rings. The van der Waals surface area contributed by atoms with Crippen molar-refractivity contribution in [2.45, 2.75) is 13.0 Å².